The minimum atomic E-state index is 0.302. The van der Waals surface area contributed by atoms with Crippen LogP contribution < -0.4 is 0 Å². The quantitative estimate of drug-likeness (QED) is 0.729. The maximum Gasteiger partial charge on any atom is 0.138 e. The Morgan fingerprint density at radius 3 is 2.91 bits per heavy atom. The van der Waals surface area contributed by atoms with Crippen LogP contribution in [0, 0.1) is 0 Å². The second kappa shape index (κ2) is 4.61. The van der Waals surface area contributed by atoms with E-state index in [1.54, 1.807) is 6.33 Å². The zero-order chi connectivity index (χ0) is 14.5. The Kier molecular flexibility index (Phi) is 2.58. The molecule has 22 heavy (non-hydrogen) atoms. The fourth-order valence-corrected chi connectivity index (χ4v) is 3.86. The highest BCUT2D eigenvalue weighted by molar-refractivity contribution is 5.86. The average Bonchev–Trinajstić information content (AvgIpc) is 3.30. The van der Waals surface area contributed by atoms with E-state index in [4.69, 9.17) is 4.74 Å². The van der Waals surface area contributed by atoms with Crippen molar-refractivity contribution < 1.29 is 4.74 Å². The van der Waals surface area contributed by atoms with Gasteiger partial charge in [0.2, 0.25) is 0 Å². The first kappa shape index (κ1) is 12.3. The standard InChI is InChI=1S/C17H16N4O/c1-3-11-4-2-8-18-16(11)14(5-1)21-17(19-10-20-21)13-9-12-6-7-15(13)22-12/h1-5,8,10,12-13,15H,6-7,9H2/t12-,13-,15+/m0/s1. The maximum absolute atomic E-state index is 5.99. The van der Waals surface area contributed by atoms with Gasteiger partial charge in [-0.15, -0.1) is 0 Å². The highest BCUT2D eigenvalue weighted by Crippen LogP contribution is 2.44. The van der Waals surface area contributed by atoms with Crippen molar-refractivity contribution in [2.45, 2.75) is 37.4 Å². The van der Waals surface area contributed by atoms with Crippen LogP contribution in [-0.2, 0) is 4.74 Å². The third kappa shape index (κ3) is 1.72. The Hall–Kier alpha value is -2.27. The molecule has 3 atom stereocenters. The van der Waals surface area contributed by atoms with Crippen LogP contribution >= 0.6 is 0 Å². The summed E-state index contributed by atoms with van der Waals surface area (Å²) < 4.78 is 7.94. The molecule has 0 N–H and O–H groups in total. The van der Waals surface area contributed by atoms with E-state index in [2.05, 4.69) is 33.3 Å². The molecule has 2 aliphatic heterocycles. The maximum atomic E-state index is 5.99. The number of pyridine rings is 1. The lowest BCUT2D eigenvalue weighted by Gasteiger charge is -2.18. The van der Waals surface area contributed by atoms with Crippen molar-refractivity contribution in [3.63, 3.8) is 0 Å². The van der Waals surface area contributed by atoms with E-state index < -0.39 is 0 Å². The lowest BCUT2D eigenvalue weighted by atomic mass is 9.88. The van der Waals surface area contributed by atoms with Gasteiger partial charge in [-0.05, 0) is 31.4 Å². The minimum absolute atomic E-state index is 0.302. The van der Waals surface area contributed by atoms with Crippen LogP contribution in [0.1, 0.15) is 31.0 Å². The summed E-state index contributed by atoms with van der Waals surface area (Å²) in [4.78, 5) is 9.08. The molecule has 5 heteroatoms. The van der Waals surface area contributed by atoms with E-state index in [-0.39, 0.29) is 0 Å². The summed E-state index contributed by atoms with van der Waals surface area (Å²) in [7, 11) is 0. The molecule has 2 bridgehead atoms. The molecule has 2 aliphatic rings. The Bertz CT molecular complexity index is 838. The Morgan fingerprint density at radius 2 is 2.05 bits per heavy atom. The largest absolute Gasteiger partial charge is 0.374 e. The van der Waals surface area contributed by atoms with Crippen molar-refractivity contribution in [2.75, 3.05) is 0 Å². The van der Waals surface area contributed by atoms with Crippen LogP contribution in [0.25, 0.3) is 16.6 Å². The van der Waals surface area contributed by atoms with Gasteiger partial charge in [0.1, 0.15) is 12.2 Å². The molecular formula is C17H16N4O. The predicted molar refractivity (Wildman–Crippen MR) is 81.9 cm³/mol. The average molecular weight is 292 g/mol. The van der Waals surface area contributed by atoms with Gasteiger partial charge in [0.25, 0.3) is 0 Å². The summed E-state index contributed by atoms with van der Waals surface area (Å²) in [6, 6.07) is 10.2. The fourth-order valence-electron chi connectivity index (χ4n) is 3.86. The van der Waals surface area contributed by atoms with Crippen molar-refractivity contribution in [3.8, 4) is 5.69 Å². The summed E-state index contributed by atoms with van der Waals surface area (Å²) in [6.07, 6.45) is 7.55. The van der Waals surface area contributed by atoms with Gasteiger partial charge < -0.3 is 4.74 Å². The molecule has 2 saturated heterocycles. The van der Waals surface area contributed by atoms with Gasteiger partial charge in [0.05, 0.1) is 23.4 Å². The van der Waals surface area contributed by atoms with Crippen LogP contribution in [0.4, 0.5) is 0 Å². The zero-order valence-corrected chi connectivity index (χ0v) is 12.1. The number of hydrogen-bond donors (Lipinski definition) is 0. The highest BCUT2D eigenvalue weighted by Gasteiger charge is 2.43. The zero-order valence-electron chi connectivity index (χ0n) is 12.1. The molecule has 2 fully saturated rings. The van der Waals surface area contributed by atoms with Gasteiger partial charge in [-0.2, -0.15) is 5.10 Å². The van der Waals surface area contributed by atoms with Gasteiger partial charge in [0.15, 0.2) is 0 Å². The number of hydrogen-bond acceptors (Lipinski definition) is 4. The van der Waals surface area contributed by atoms with Crippen LogP contribution in [0.15, 0.2) is 42.9 Å². The summed E-state index contributed by atoms with van der Waals surface area (Å²) >= 11 is 0. The molecule has 5 nitrogen and oxygen atoms in total. The van der Waals surface area contributed by atoms with Crippen molar-refractivity contribution in [3.05, 3.63) is 48.7 Å². The SMILES string of the molecule is c1cnc2c(-n3ncnc3[C@H]3C[C@@H]4CC[C@H]3O4)cccc2c1. The van der Waals surface area contributed by atoms with Crippen molar-refractivity contribution >= 4 is 10.9 Å². The van der Waals surface area contributed by atoms with Crippen molar-refractivity contribution in [1.29, 1.82) is 0 Å². The second-order valence-corrected chi connectivity index (χ2v) is 6.10. The van der Waals surface area contributed by atoms with E-state index >= 15 is 0 Å². The van der Waals surface area contributed by atoms with E-state index in [1.807, 2.05) is 23.0 Å². The Morgan fingerprint density at radius 1 is 1.09 bits per heavy atom. The molecule has 4 heterocycles. The molecule has 0 saturated carbocycles. The van der Waals surface area contributed by atoms with Gasteiger partial charge in [-0.3, -0.25) is 4.98 Å². The topological polar surface area (TPSA) is 52.8 Å². The van der Waals surface area contributed by atoms with Crippen LogP contribution in [0.3, 0.4) is 0 Å². The van der Waals surface area contributed by atoms with Gasteiger partial charge >= 0.3 is 0 Å². The van der Waals surface area contributed by atoms with E-state index in [9.17, 15) is 0 Å². The highest BCUT2D eigenvalue weighted by atomic mass is 16.5. The molecular weight excluding hydrogens is 276 g/mol. The predicted octanol–water partition coefficient (Wildman–Crippen LogP) is 2.85. The van der Waals surface area contributed by atoms with E-state index in [0.29, 0.717) is 18.1 Å². The summed E-state index contributed by atoms with van der Waals surface area (Å²) in [5.41, 5.74) is 1.95. The number of benzene rings is 1. The number of rotatable bonds is 2. The molecule has 110 valence electrons. The molecule has 0 amide bonds. The van der Waals surface area contributed by atoms with Crippen LogP contribution in [0.2, 0.25) is 0 Å². The molecule has 0 aliphatic carbocycles. The summed E-state index contributed by atoms with van der Waals surface area (Å²) in [5, 5.41) is 5.59. The van der Waals surface area contributed by atoms with Crippen molar-refractivity contribution in [1.82, 2.24) is 19.7 Å². The minimum Gasteiger partial charge on any atom is -0.374 e. The van der Waals surface area contributed by atoms with Crippen LogP contribution in [0.5, 0.6) is 0 Å². The number of aromatic nitrogens is 4. The van der Waals surface area contributed by atoms with Gasteiger partial charge in [0, 0.05) is 17.5 Å². The first-order valence-corrected chi connectivity index (χ1v) is 7.79. The molecule has 3 aromatic rings. The van der Waals surface area contributed by atoms with Gasteiger partial charge in [-0.1, -0.05) is 18.2 Å². The number of ether oxygens (including phenoxy) is 1. The first-order valence-electron chi connectivity index (χ1n) is 7.79. The number of nitrogens with zero attached hydrogens (tertiary/aromatic N) is 4. The third-order valence-electron chi connectivity index (χ3n) is 4.85. The Labute approximate surface area is 128 Å². The number of fused-ring (bicyclic) bond motifs is 3. The third-order valence-corrected chi connectivity index (χ3v) is 4.85. The molecule has 2 aromatic heterocycles. The Balaban J connectivity index is 1.65. The van der Waals surface area contributed by atoms with E-state index in [1.165, 1.54) is 6.42 Å². The summed E-state index contributed by atoms with van der Waals surface area (Å²) in [6.45, 7) is 0. The van der Waals surface area contributed by atoms with Gasteiger partial charge in [-0.25, -0.2) is 9.67 Å². The molecule has 5 rings (SSSR count). The van der Waals surface area contributed by atoms with E-state index in [0.717, 1.165) is 35.3 Å². The lowest BCUT2D eigenvalue weighted by Crippen LogP contribution is -2.19. The second-order valence-electron chi connectivity index (χ2n) is 6.10. The smallest absolute Gasteiger partial charge is 0.138 e. The first-order chi connectivity index (χ1) is 10.9. The fraction of sp³-hybridized carbons (Fsp3) is 0.353. The molecule has 0 radical (unpaired) electrons. The van der Waals surface area contributed by atoms with Crippen molar-refractivity contribution in [2.24, 2.45) is 0 Å². The number of para-hydroxylation sites is 1. The molecule has 0 unspecified atom stereocenters. The van der Waals surface area contributed by atoms with Crippen LogP contribution in [-0.4, -0.2) is 32.0 Å². The monoisotopic (exact) mass is 292 g/mol. The molecule has 0 spiro atoms. The normalized spacial score (nSPS) is 26.8. The summed E-state index contributed by atoms with van der Waals surface area (Å²) in [5.74, 6) is 1.35. The molecule has 1 aromatic carbocycles. The lowest BCUT2D eigenvalue weighted by molar-refractivity contribution is 0.0997.